The molecule has 3 aromatic rings. The number of benzene rings is 2. The van der Waals surface area contributed by atoms with Gasteiger partial charge in [-0.25, -0.2) is 0 Å². The first-order valence-corrected chi connectivity index (χ1v) is 9.35. The van der Waals surface area contributed by atoms with E-state index < -0.39 is 12.1 Å². The molecular weight excluding hydrogens is 376 g/mol. The molecule has 0 fully saturated rings. The average Bonchev–Trinajstić information content (AvgIpc) is 2.73. The van der Waals surface area contributed by atoms with E-state index in [-0.39, 0.29) is 11.2 Å². The maximum atomic E-state index is 13.2. The third kappa shape index (κ3) is 3.51. The van der Waals surface area contributed by atoms with Crippen molar-refractivity contribution in [2.75, 3.05) is 13.2 Å². The van der Waals surface area contributed by atoms with Crippen molar-refractivity contribution in [3.63, 3.8) is 0 Å². The normalized spacial score (nSPS) is 13.9. The molecule has 2 aromatic carbocycles. The number of aryl methyl sites for hydroxylation is 1. The second-order valence-corrected chi connectivity index (χ2v) is 6.68. The highest BCUT2D eigenvalue weighted by molar-refractivity contribution is 5.84. The molecule has 0 unspecified atom stereocenters. The van der Waals surface area contributed by atoms with Crippen LogP contribution in [0.2, 0.25) is 0 Å². The van der Waals surface area contributed by atoms with Crippen molar-refractivity contribution in [1.29, 1.82) is 0 Å². The lowest BCUT2D eigenvalue weighted by Crippen LogP contribution is -2.37. The summed E-state index contributed by atoms with van der Waals surface area (Å²) in [6.45, 7) is 4.21. The zero-order chi connectivity index (χ0) is 20.5. The Balaban J connectivity index is 1.82. The summed E-state index contributed by atoms with van der Waals surface area (Å²) in [6, 6.07) is 10.00. The Morgan fingerprint density at radius 1 is 1.14 bits per heavy atom. The van der Waals surface area contributed by atoms with E-state index in [4.69, 9.17) is 18.6 Å². The largest absolute Gasteiger partial charge is 0.546 e. The molecule has 7 heteroatoms. The Morgan fingerprint density at radius 3 is 2.62 bits per heavy atom. The minimum absolute atomic E-state index is 0.181. The summed E-state index contributed by atoms with van der Waals surface area (Å²) in [4.78, 5) is 24.1. The summed E-state index contributed by atoms with van der Waals surface area (Å²) >= 11 is 0. The van der Waals surface area contributed by atoms with E-state index >= 15 is 0 Å². The SMILES string of the molecule is CCc1oc2cc(O[C@@H](C)C(=O)[O-])ccc2c(=O)c1-c1ccc2c(c1)OCCO2. The van der Waals surface area contributed by atoms with Crippen molar-refractivity contribution in [2.45, 2.75) is 26.4 Å². The van der Waals surface area contributed by atoms with Crippen LogP contribution >= 0.6 is 0 Å². The van der Waals surface area contributed by atoms with Gasteiger partial charge in [-0.1, -0.05) is 13.0 Å². The van der Waals surface area contributed by atoms with Crippen LogP contribution in [0.25, 0.3) is 22.1 Å². The van der Waals surface area contributed by atoms with Crippen molar-refractivity contribution < 1.29 is 28.5 Å². The van der Waals surface area contributed by atoms with E-state index in [1.807, 2.05) is 13.0 Å². The molecular formula is C22H19O7-. The summed E-state index contributed by atoms with van der Waals surface area (Å²) in [7, 11) is 0. The van der Waals surface area contributed by atoms with Crippen LogP contribution in [-0.4, -0.2) is 25.3 Å². The third-order valence-electron chi connectivity index (χ3n) is 4.73. The number of carboxylic acid groups (broad SMARTS) is 1. The van der Waals surface area contributed by atoms with Gasteiger partial charge in [0.2, 0.25) is 5.43 Å². The molecule has 1 aliphatic heterocycles. The van der Waals surface area contributed by atoms with Gasteiger partial charge in [-0.15, -0.1) is 0 Å². The number of carbonyl (C=O) groups excluding carboxylic acids is 1. The lowest BCUT2D eigenvalue weighted by atomic mass is 10.0. The molecule has 150 valence electrons. The number of aliphatic carboxylic acids is 1. The number of carboxylic acids is 1. The fourth-order valence-electron chi connectivity index (χ4n) is 3.29. The van der Waals surface area contributed by atoms with Gasteiger partial charge >= 0.3 is 0 Å². The highest BCUT2D eigenvalue weighted by Gasteiger charge is 2.19. The van der Waals surface area contributed by atoms with Gasteiger partial charge in [0.05, 0.1) is 16.9 Å². The molecule has 2 heterocycles. The van der Waals surface area contributed by atoms with E-state index in [1.165, 1.54) is 19.1 Å². The molecule has 1 aromatic heterocycles. The maximum Gasteiger partial charge on any atom is 0.200 e. The van der Waals surface area contributed by atoms with Gasteiger partial charge in [0, 0.05) is 12.5 Å². The minimum atomic E-state index is -1.32. The first-order chi connectivity index (χ1) is 14.0. The third-order valence-corrected chi connectivity index (χ3v) is 4.73. The molecule has 0 bridgehead atoms. The van der Waals surface area contributed by atoms with Gasteiger partial charge in [-0.3, -0.25) is 4.79 Å². The summed E-state index contributed by atoms with van der Waals surface area (Å²) in [5.41, 5.74) is 1.30. The van der Waals surface area contributed by atoms with Crippen molar-refractivity contribution in [1.82, 2.24) is 0 Å². The molecule has 0 N–H and O–H groups in total. The fourth-order valence-corrected chi connectivity index (χ4v) is 3.29. The van der Waals surface area contributed by atoms with Crippen molar-refractivity contribution in [2.24, 2.45) is 0 Å². The highest BCUT2D eigenvalue weighted by Crippen LogP contribution is 2.35. The fraction of sp³-hybridized carbons (Fsp3) is 0.273. The second kappa shape index (κ2) is 7.50. The zero-order valence-corrected chi connectivity index (χ0v) is 16.0. The van der Waals surface area contributed by atoms with Crippen molar-refractivity contribution >= 4 is 16.9 Å². The highest BCUT2D eigenvalue weighted by atomic mass is 16.6. The minimum Gasteiger partial charge on any atom is -0.546 e. The quantitative estimate of drug-likeness (QED) is 0.654. The Labute approximate surface area is 166 Å². The Morgan fingerprint density at radius 2 is 1.90 bits per heavy atom. The number of hydrogen-bond donors (Lipinski definition) is 0. The standard InChI is InChI=1S/C22H20O7/c1-3-16-20(13-4-7-17-19(10-13)27-9-8-26-17)21(23)15-6-5-14(11-18(15)29-16)28-12(2)22(24)25/h4-7,10-12H,3,8-9H2,1-2H3,(H,24,25)/p-1/t12-/m0/s1. The van der Waals surface area contributed by atoms with Gasteiger partial charge in [-0.2, -0.15) is 0 Å². The Bertz CT molecular complexity index is 1150. The van der Waals surface area contributed by atoms with Gasteiger partial charge < -0.3 is 28.5 Å². The van der Waals surface area contributed by atoms with E-state index in [1.54, 1.807) is 18.2 Å². The number of ether oxygens (including phenoxy) is 3. The summed E-state index contributed by atoms with van der Waals surface area (Å²) < 4.78 is 22.5. The van der Waals surface area contributed by atoms with Crippen LogP contribution in [0.3, 0.4) is 0 Å². The predicted molar refractivity (Wildman–Crippen MR) is 103 cm³/mol. The predicted octanol–water partition coefficient (Wildman–Crippen LogP) is 2.31. The van der Waals surface area contributed by atoms with E-state index in [0.29, 0.717) is 59.0 Å². The number of carbonyl (C=O) groups is 1. The second-order valence-electron chi connectivity index (χ2n) is 6.68. The number of fused-ring (bicyclic) bond motifs is 2. The molecule has 0 aliphatic carbocycles. The summed E-state index contributed by atoms with van der Waals surface area (Å²) in [5, 5.41) is 11.3. The molecule has 0 amide bonds. The zero-order valence-electron chi connectivity index (χ0n) is 16.0. The molecule has 0 spiro atoms. The maximum absolute atomic E-state index is 13.2. The van der Waals surface area contributed by atoms with Crippen molar-refractivity contribution in [3.05, 3.63) is 52.4 Å². The number of hydrogen-bond acceptors (Lipinski definition) is 7. The van der Waals surface area contributed by atoms with Crippen molar-refractivity contribution in [3.8, 4) is 28.4 Å². The van der Waals surface area contributed by atoms with Gasteiger partial charge in [0.15, 0.2) is 11.5 Å². The lowest BCUT2D eigenvalue weighted by Gasteiger charge is -2.19. The summed E-state index contributed by atoms with van der Waals surface area (Å²) in [6.07, 6.45) is -0.628. The smallest absolute Gasteiger partial charge is 0.200 e. The monoisotopic (exact) mass is 395 g/mol. The van der Waals surface area contributed by atoms with E-state index in [2.05, 4.69) is 0 Å². The molecule has 4 rings (SSSR count). The molecule has 29 heavy (non-hydrogen) atoms. The summed E-state index contributed by atoms with van der Waals surface area (Å²) in [5.74, 6) is 0.716. The topological polar surface area (TPSA) is 98.0 Å². The first kappa shape index (κ1) is 18.9. The molecule has 7 nitrogen and oxygen atoms in total. The molecule has 1 atom stereocenters. The molecule has 0 saturated carbocycles. The van der Waals surface area contributed by atoms with E-state index in [9.17, 15) is 14.7 Å². The van der Waals surface area contributed by atoms with Crippen LogP contribution in [-0.2, 0) is 11.2 Å². The van der Waals surface area contributed by atoms with Gasteiger partial charge in [0.25, 0.3) is 0 Å². The van der Waals surface area contributed by atoms with Crippen LogP contribution in [0.15, 0.2) is 45.6 Å². The van der Waals surface area contributed by atoms with Crippen LogP contribution < -0.4 is 24.7 Å². The average molecular weight is 395 g/mol. The van der Waals surface area contributed by atoms with Crippen LogP contribution in [0.1, 0.15) is 19.6 Å². The lowest BCUT2D eigenvalue weighted by molar-refractivity contribution is -0.312. The van der Waals surface area contributed by atoms with Gasteiger partial charge in [0.1, 0.15) is 36.4 Å². The molecule has 1 aliphatic rings. The molecule has 0 radical (unpaired) electrons. The van der Waals surface area contributed by atoms with Crippen LogP contribution in [0.4, 0.5) is 0 Å². The van der Waals surface area contributed by atoms with Crippen LogP contribution in [0, 0.1) is 0 Å². The first-order valence-electron chi connectivity index (χ1n) is 9.35. The van der Waals surface area contributed by atoms with E-state index in [0.717, 1.165) is 0 Å². The Kier molecular flexibility index (Phi) is 4.88. The van der Waals surface area contributed by atoms with Gasteiger partial charge in [-0.05, 0) is 36.8 Å². The molecule has 0 saturated heterocycles. The number of rotatable bonds is 5. The Hall–Kier alpha value is -3.48. The van der Waals surface area contributed by atoms with Crippen LogP contribution in [0.5, 0.6) is 17.2 Å².